The van der Waals surface area contributed by atoms with Gasteiger partial charge >= 0.3 is 6.18 Å². The van der Waals surface area contributed by atoms with Gasteiger partial charge in [0.15, 0.2) is 11.5 Å². The largest absolute Gasteiger partial charge is 0.422 e. The number of aromatic nitrogens is 4. The maximum Gasteiger partial charge on any atom is 0.422 e. The van der Waals surface area contributed by atoms with Crippen molar-refractivity contribution in [2.75, 3.05) is 5.32 Å². The monoisotopic (exact) mass is 478 g/mol. The molecule has 0 aliphatic rings. The van der Waals surface area contributed by atoms with Crippen LogP contribution in [0, 0.1) is 6.92 Å². The van der Waals surface area contributed by atoms with Gasteiger partial charge in [0.05, 0.1) is 0 Å². The molecule has 4 rings (SSSR count). The predicted molar refractivity (Wildman–Crippen MR) is 109 cm³/mol. The number of hydrogen-bond donors (Lipinski definition) is 2. The molecule has 12 heteroatoms. The third-order valence-corrected chi connectivity index (χ3v) is 4.93. The van der Waals surface area contributed by atoms with Gasteiger partial charge in [0.1, 0.15) is 22.6 Å². The minimum Gasteiger partial charge on any atom is -0.354 e. The van der Waals surface area contributed by atoms with Gasteiger partial charge < -0.3 is 9.84 Å². The summed E-state index contributed by atoms with van der Waals surface area (Å²) in [5.41, 5.74) is -1.57. The van der Waals surface area contributed by atoms with Crippen molar-refractivity contribution >= 4 is 11.6 Å². The van der Waals surface area contributed by atoms with Gasteiger partial charge in [-0.25, -0.2) is 8.78 Å². The Morgan fingerprint density at radius 2 is 1.88 bits per heavy atom. The summed E-state index contributed by atoms with van der Waals surface area (Å²) in [5.74, 6) is -3.86. The summed E-state index contributed by atoms with van der Waals surface area (Å²) in [4.78, 5) is 16.7. The summed E-state index contributed by atoms with van der Waals surface area (Å²) in [6.07, 6.45) is -2.14. The Kier molecular flexibility index (Phi) is 5.67. The zero-order chi connectivity index (χ0) is 24.7. The molecule has 0 fully saturated rings. The van der Waals surface area contributed by atoms with Gasteiger partial charge in [-0.3, -0.25) is 9.78 Å². The van der Waals surface area contributed by atoms with Crippen LogP contribution >= 0.6 is 0 Å². The Balaban J connectivity index is 1.62. The fraction of sp³-hybridized carbons (Fsp3) is 0.182. The number of hydrogen-bond acceptors (Lipinski definition) is 4. The van der Waals surface area contributed by atoms with E-state index in [1.54, 1.807) is 24.4 Å². The molecule has 1 aromatic carbocycles. The SMILES string of the molecule is Cc1[nH][n+](-c2ccc(C(C)(F)F)cc2C(F)(F)F)cc1NC(=O)c1cc(-c2ccccn2)on1. The minimum absolute atomic E-state index is 0.0710. The number of nitrogens with zero attached hydrogens (tertiary/aromatic N) is 3. The fourth-order valence-corrected chi connectivity index (χ4v) is 3.20. The van der Waals surface area contributed by atoms with E-state index in [-0.39, 0.29) is 17.1 Å². The molecule has 3 heterocycles. The van der Waals surface area contributed by atoms with Crippen molar-refractivity contribution in [3.05, 3.63) is 77.4 Å². The van der Waals surface area contributed by atoms with Crippen LogP contribution in [0.1, 0.15) is 34.2 Å². The van der Waals surface area contributed by atoms with E-state index in [0.29, 0.717) is 24.4 Å². The standard InChI is InChI=1S/C22H16F5N5O2/c1-12-17(29-20(33)16-10-19(34-31-16)15-5-3-4-8-28-15)11-32(30-12)18-7-6-13(21(2,23)24)9-14(18)22(25,26)27/h3-11H,1-2H3,(H,29,33)/p+1. The van der Waals surface area contributed by atoms with Crippen molar-refractivity contribution in [1.82, 2.24) is 15.2 Å². The molecule has 0 radical (unpaired) electrons. The number of benzene rings is 1. The molecule has 1 amide bonds. The molecule has 0 unspecified atom stereocenters. The highest BCUT2D eigenvalue weighted by molar-refractivity contribution is 6.03. The van der Waals surface area contributed by atoms with Crippen LogP contribution < -0.4 is 10.00 Å². The molecule has 4 aromatic rings. The highest BCUT2D eigenvalue weighted by Gasteiger charge is 2.40. The van der Waals surface area contributed by atoms with Gasteiger partial charge in [-0.2, -0.15) is 18.3 Å². The first-order valence-corrected chi connectivity index (χ1v) is 9.84. The number of nitrogens with one attached hydrogen (secondary N) is 2. The van der Waals surface area contributed by atoms with Crippen LogP contribution in [0.25, 0.3) is 17.1 Å². The minimum atomic E-state index is -4.89. The van der Waals surface area contributed by atoms with Gasteiger partial charge in [-0.05, 0) is 31.2 Å². The second-order valence-electron chi connectivity index (χ2n) is 7.51. The Morgan fingerprint density at radius 1 is 1.12 bits per heavy atom. The fourth-order valence-electron chi connectivity index (χ4n) is 3.20. The molecular weight excluding hydrogens is 461 g/mol. The van der Waals surface area contributed by atoms with Crippen molar-refractivity contribution < 1.29 is 36.0 Å². The zero-order valence-electron chi connectivity index (χ0n) is 17.7. The van der Waals surface area contributed by atoms with E-state index in [2.05, 4.69) is 20.6 Å². The lowest BCUT2D eigenvalue weighted by Gasteiger charge is -2.14. The second-order valence-corrected chi connectivity index (χ2v) is 7.51. The zero-order valence-corrected chi connectivity index (χ0v) is 17.7. The van der Waals surface area contributed by atoms with E-state index >= 15 is 0 Å². The van der Waals surface area contributed by atoms with Crippen LogP contribution in [0.4, 0.5) is 27.6 Å². The normalized spacial score (nSPS) is 12.1. The number of aryl methyl sites for hydroxylation is 1. The van der Waals surface area contributed by atoms with Crippen molar-refractivity contribution in [3.63, 3.8) is 0 Å². The van der Waals surface area contributed by atoms with Gasteiger partial charge in [-0.15, -0.1) is 0 Å². The molecule has 0 atom stereocenters. The summed E-state index contributed by atoms with van der Waals surface area (Å²) in [7, 11) is 0. The molecule has 0 aliphatic carbocycles. The molecule has 0 saturated heterocycles. The number of halogens is 5. The summed E-state index contributed by atoms with van der Waals surface area (Å²) in [5, 5.41) is 8.92. The van der Waals surface area contributed by atoms with Crippen LogP contribution in [0.2, 0.25) is 0 Å². The molecule has 176 valence electrons. The summed E-state index contributed by atoms with van der Waals surface area (Å²) in [6, 6.07) is 8.75. The number of carbonyl (C=O) groups is 1. The lowest BCUT2D eigenvalue weighted by molar-refractivity contribution is -0.656. The number of rotatable bonds is 5. The van der Waals surface area contributed by atoms with Gasteiger partial charge in [-0.1, -0.05) is 15.9 Å². The average Bonchev–Trinajstić information content (AvgIpc) is 3.40. The van der Waals surface area contributed by atoms with Gasteiger partial charge in [0.25, 0.3) is 11.8 Å². The maximum atomic E-state index is 13.6. The molecule has 0 saturated carbocycles. The molecule has 7 nitrogen and oxygen atoms in total. The summed E-state index contributed by atoms with van der Waals surface area (Å²) in [6.45, 7) is 2.04. The van der Waals surface area contributed by atoms with Crippen molar-refractivity contribution in [1.29, 1.82) is 0 Å². The van der Waals surface area contributed by atoms with Crippen LogP contribution in [0.5, 0.6) is 0 Å². The van der Waals surface area contributed by atoms with Crippen molar-refractivity contribution in [2.24, 2.45) is 0 Å². The topological polar surface area (TPSA) is 87.7 Å². The Bertz CT molecular complexity index is 1340. The quantitative estimate of drug-likeness (QED) is 0.311. The number of H-pyrrole nitrogens is 1. The number of pyridine rings is 1. The lowest BCUT2D eigenvalue weighted by Crippen LogP contribution is -2.35. The predicted octanol–water partition coefficient (Wildman–Crippen LogP) is 5.03. The average molecular weight is 478 g/mol. The van der Waals surface area contributed by atoms with Crippen molar-refractivity contribution in [2.45, 2.75) is 25.9 Å². The first kappa shape index (κ1) is 23.1. The van der Waals surface area contributed by atoms with E-state index in [0.717, 1.165) is 16.8 Å². The number of amides is 1. The Hall–Kier alpha value is -4.09. The molecule has 0 bridgehead atoms. The van der Waals surface area contributed by atoms with Gasteiger partial charge in [0.2, 0.25) is 11.9 Å². The number of alkyl halides is 5. The molecule has 0 aliphatic heterocycles. The Labute approximate surface area is 189 Å². The lowest BCUT2D eigenvalue weighted by atomic mass is 10.0. The molecule has 2 N–H and O–H groups in total. The van der Waals surface area contributed by atoms with Gasteiger partial charge in [0, 0.05) is 30.8 Å². The van der Waals surface area contributed by atoms with Crippen molar-refractivity contribution in [3.8, 4) is 17.1 Å². The van der Waals surface area contributed by atoms with Crippen LogP contribution in [-0.4, -0.2) is 21.1 Å². The number of anilines is 1. The van der Waals surface area contributed by atoms with Crippen LogP contribution in [0.3, 0.4) is 0 Å². The molecule has 3 aromatic heterocycles. The Morgan fingerprint density at radius 3 is 2.53 bits per heavy atom. The first-order valence-electron chi connectivity index (χ1n) is 9.84. The van der Waals surface area contributed by atoms with Crippen LogP contribution in [-0.2, 0) is 12.1 Å². The first-order chi connectivity index (χ1) is 15.9. The highest BCUT2D eigenvalue weighted by atomic mass is 19.4. The van der Waals surface area contributed by atoms with E-state index in [1.807, 2.05) is 0 Å². The smallest absolute Gasteiger partial charge is 0.354 e. The third kappa shape index (κ3) is 4.65. The highest BCUT2D eigenvalue weighted by Crippen LogP contribution is 2.36. The number of carbonyl (C=O) groups excluding carboxylic acids is 1. The summed E-state index contributed by atoms with van der Waals surface area (Å²) >= 11 is 0. The van der Waals surface area contributed by atoms with E-state index in [9.17, 15) is 26.7 Å². The molecule has 0 spiro atoms. The molecular formula is C22H17F5N5O2+. The van der Waals surface area contributed by atoms with E-state index < -0.39 is 34.8 Å². The van der Waals surface area contributed by atoms with E-state index in [4.69, 9.17) is 4.52 Å². The van der Waals surface area contributed by atoms with E-state index in [1.165, 1.54) is 19.2 Å². The third-order valence-electron chi connectivity index (χ3n) is 4.93. The number of aromatic amines is 1. The second kappa shape index (κ2) is 8.36. The molecule has 34 heavy (non-hydrogen) atoms. The summed E-state index contributed by atoms with van der Waals surface area (Å²) < 4.78 is 74.2. The van der Waals surface area contributed by atoms with Crippen LogP contribution in [0.15, 0.2) is 59.4 Å². The maximum absolute atomic E-state index is 13.6.